The van der Waals surface area contributed by atoms with Gasteiger partial charge in [0, 0.05) is 11.3 Å². The first-order chi connectivity index (χ1) is 11.0. The summed E-state index contributed by atoms with van der Waals surface area (Å²) in [6.07, 6.45) is 0. The van der Waals surface area contributed by atoms with E-state index in [1.54, 1.807) is 24.3 Å². The van der Waals surface area contributed by atoms with Crippen LogP contribution in [0.4, 0.5) is 10.1 Å². The van der Waals surface area contributed by atoms with Crippen LogP contribution in [-0.4, -0.2) is 5.91 Å². The fourth-order valence-electron chi connectivity index (χ4n) is 2.30. The predicted molar refractivity (Wildman–Crippen MR) is 88.0 cm³/mol. The number of amides is 1. The van der Waals surface area contributed by atoms with E-state index in [0.717, 1.165) is 22.4 Å². The molecule has 0 aliphatic carbocycles. The summed E-state index contributed by atoms with van der Waals surface area (Å²) in [5.74, 6) is 0.113. The molecule has 3 rings (SSSR count). The molecule has 23 heavy (non-hydrogen) atoms. The van der Waals surface area contributed by atoms with Gasteiger partial charge >= 0.3 is 0 Å². The van der Waals surface area contributed by atoms with Crippen LogP contribution in [0.5, 0.6) is 0 Å². The molecule has 0 aliphatic rings. The first-order valence-corrected chi connectivity index (χ1v) is 7.28. The number of carbonyl (C=O) groups excluding carboxylic acids is 1. The zero-order valence-electron chi connectivity index (χ0n) is 12.9. The highest BCUT2D eigenvalue weighted by molar-refractivity contribution is 6.03. The molecule has 0 fully saturated rings. The highest BCUT2D eigenvalue weighted by Crippen LogP contribution is 2.24. The van der Waals surface area contributed by atoms with Crippen molar-refractivity contribution in [1.82, 2.24) is 0 Å². The van der Waals surface area contributed by atoms with Crippen molar-refractivity contribution in [2.75, 3.05) is 5.32 Å². The quantitative estimate of drug-likeness (QED) is 0.743. The number of aryl methyl sites for hydroxylation is 1. The predicted octanol–water partition coefficient (Wildman–Crippen LogP) is 4.95. The van der Waals surface area contributed by atoms with Gasteiger partial charge in [-0.3, -0.25) is 4.79 Å². The Bertz CT molecular complexity index is 850. The third-order valence-corrected chi connectivity index (χ3v) is 3.81. The lowest BCUT2D eigenvalue weighted by Crippen LogP contribution is -2.12. The van der Waals surface area contributed by atoms with Crippen molar-refractivity contribution in [3.05, 3.63) is 77.3 Å². The first-order valence-electron chi connectivity index (χ1n) is 7.28. The van der Waals surface area contributed by atoms with Gasteiger partial charge in [-0.1, -0.05) is 12.1 Å². The van der Waals surface area contributed by atoms with Crippen LogP contribution in [0.3, 0.4) is 0 Å². The number of carbonyl (C=O) groups is 1. The number of halogens is 1. The van der Waals surface area contributed by atoms with E-state index >= 15 is 0 Å². The lowest BCUT2D eigenvalue weighted by Gasteiger charge is -2.09. The van der Waals surface area contributed by atoms with E-state index in [1.165, 1.54) is 12.1 Å². The molecule has 1 N–H and O–H groups in total. The van der Waals surface area contributed by atoms with Crippen LogP contribution in [0.2, 0.25) is 0 Å². The topological polar surface area (TPSA) is 42.2 Å². The maximum absolute atomic E-state index is 13.0. The monoisotopic (exact) mass is 309 g/mol. The minimum Gasteiger partial charge on any atom is -0.451 e. The maximum atomic E-state index is 13.0. The number of nitrogens with one attached hydrogen (secondary N) is 1. The van der Waals surface area contributed by atoms with E-state index in [9.17, 15) is 9.18 Å². The Hall–Kier alpha value is -2.88. The zero-order chi connectivity index (χ0) is 16.4. The molecule has 0 aliphatic heterocycles. The largest absolute Gasteiger partial charge is 0.451 e. The van der Waals surface area contributed by atoms with E-state index in [0.29, 0.717) is 5.76 Å². The molecular weight excluding hydrogens is 293 g/mol. The van der Waals surface area contributed by atoms with Gasteiger partial charge in [0.2, 0.25) is 0 Å². The van der Waals surface area contributed by atoms with Gasteiger partial charge in [0.15, 0.2) is 5.76 Å². The van der Waals surface area contributed by atoms with Crippen LogP contribution in [-0.2, 0) is 0 Å². The normalized spacial score (nSPS) is 10.6. The summed E-state index contributed by atoms with van der Waals surface area (Å²) in [6, 6.07) is 15.0. The molecule has 0 saturated heterocycles. The summed E-state index contributed by atoms with van der Waals surface area (Å²) >= 11 is 0. The summed E-state index contributed by atoms with van der Waals surface area (Å²) in [5.41, 5.74) is 3.60. The van der Waals surface area contributed by atoms with Crippen molar-refractivity contribution >= 4 is 11.6 Å². The molecule has 1 heterocycles. The SMILES string of the molecule is Cc1cccc(NC(=O)c2ccc(-c3ccc(F)cc3)o2)c1C. The molecule has 0 radical (unpaired) electrons. The van der Waals surface area contributed by atoms with Crippen molar-refractivity contribution < 1.29 is 13.6 Å². The van der Waals surface area contributed by atoms with Gasteiger partial charge in [0.05, 0.1) is 0 Å². The molecule has 0 spiro atoms. The maximum Gasteiger partial charge on any atom is 0.291 e. The van der Waals surface area contributed by atoms with Crippen molar-refractivity contribution in [2.45, 2.75) is 13.8 Å². The Labute approximate surface area is 133 Å². The van der Waals surface area contributed by atoms with E-state index in [1.807, 2.05) is 32.0 Å². The number of anilines is 1. The van der Waals surface area contributed by atoms with E-state index < -0.39 is 0 Å². The second kappa shape index (κ2) is 6.08. The van der Waals surface area contributed by atoms with Crippen LogP contribution >= 0.6 is 0 Å². The molecule has 0 saturated carbocycles. The fourth-order valence-corrected chi connectivity index (χ4v) is 2.30. The molecule has 1 amide bonds. The van der Waals surface area contributed by atoms with Crippen LogP contribution in [0.1, 0.15) is 21.7 Å². The smallest absolute Gasteiger partial charge is 0.291 e. The van der Waals surface area contributed by atoms with Crippen LogP contribution in [0.15, 0.2) is 59.0 Å². The van der Waals surface area contributed by atoms with Gasteiger partial charge in [0.25, 0.3) is 5.91 Å². The van der Waals surface area contributed by atoms with Gasteiger partial charge in [0.1, 0.15) is 11.6 Å². The van der Waals surface area contributed by atoms with Gasteiger partial charge in [-0.05, 0) is 67.4 Å². The van der Waals surface area contributed by atoms with Crippen LogP contribution in [0.25, 0.3) is 11.3 Å². The van der Waals surface area contributed by atoms with Gasteiger partial charge in [-0.25, -0.2) is 4.39 Å². The van der Waals surface area contributed by atoms with E-state index in [2.05, 4.69) is 5.32 Å². The molecule has 0 bridgehead atoms. The van der Waals surface area contributed by atoms with Gasteiger partial charge in [-0.2, -0.15) is 0 Å². The molecule has 2 aromatic carbocycles. The van der Waals surface area contributed by atoms with Crippen LogP contribution in [0, 0.1) is 19.7 Å². The summed E-state index contributed by atoms with van der Waals surface area (Å²) in [7, 11) is 0. The highest BCUT2D eigenvalue weighted by Gasteiger charge is 2.13. The second-order valence-corrected chi connectivity index (χ2v) is 5.37. The Morgan fingerprint density at radius 2 is 1.74 bits per heavy atom. The minimum atomic E-state index is -0.313. The minimum absolute atomic E-state index is 0.213. The number of hydrogen-bond acceptors (Lipinski definition) is 2. The Morgan fingerprint density at radius 3 is 2.48 bits per heavy atom. The summed E-state index contributed by atoms with van der Waals surface area (Å²) < 4.78 is 18.5. The molecule has 3 nitrogen and oxygen atoms in total. The van der Waals surface area contributed by atoms with Crippen molar-refractivity contribution in [1.29, 1.82) is 0 Å². The zero-order valence-corrected chi connectivity index (χ0v) is 12.9. The highest BCUT2D eigenvalue weighted by atomic mass is 19.1. The van der Waals surface area contributed by atoms with Crippen molar-refractivity contribution in [2.24, 2.45) is 0 Å². The van der Waals surface area contributed by atoms with E-state index in [4.69, 9.17) is 4.42 Å². The number of hydrogen-bond donors (Lipinski definition) is 1. The Kier molecular flexibility index (Phi) is 3.98. The number of rotatable bonds is 3. The lowest BCUT2D eigenvalue weighted by atomic mass is 10.1. The molecule has 0 atom stereocenters. The number of benzene rings is 2. The third kappa shape index (κ3) is 3.16. The molecule has 4 heteroatoms. The average Bonchev–Trinajstić information content (AvgIpc) is 3.02. The van der Waals surface area contributed by atoms with Crippen molar-refractivity contribution in [3.8, 4) is 11.3 Å². The lowest BCUT2D eigenvalue weighted by molar-refractivity contribution is 0.0997. The van der Waals surface area contributed by atoms with Gasteiger partial charge in [-0.15, -0.1) is 0 Å². The average molecular weight is 309 g/mol. The fraction of sp³-hybridized carbons (Fsp3) is 0.105. The van der Waals surface area contributed by atoms with Crippen LogP contribution < -0.4 is 5.32 Å². The summed E-state index contributed by atoms with van der Waals surface area (Å²) in [4.78, 5) is 12.3. The van der Waals surface area contributed by atoms with E-state index in [-0.39, 0.29) is 17.5 Å². The summed E-state index contributed by atoms with van der Waals surface area (Å²) in [6.45, 7) is 3.95. The Balaban J connectivity index is 1.81. The Morgan fingerprint density at radius 1 is 1.00 bits per heavy atom. The molecule has 3 aromatic rings. The third-order valence-electron chi connectivity index (χ3n) is 3.81. The molecule has 0 unspecified atom stereocenters. The second-order valence-electron chi connectivity index (χ2n) is 5.37. The van der Waals surface area contributed by atoms with Crippen molar-refractivity contribution in [3.63, 3.8) is 0 Å². The van der Waals surface area contributed by atoms with Gasteiger partial charge < -0.3 is 9.73 Å². The molecule has 1 aromatic heterocycles. The number of furan rings is 1. The summed E-state index contributed by atoms with van der Waals surface area (Å²) in [5, 5.41) is 2.85. The molecular formula is C19H16FNO2. The first kappa shape index (κ1) is 15.0. The molecule has 116 valence electrons. The standard InChI is InChI=1S/C19H16FNO2/c1-12-4-3-5-16(13(12)2)21-19(22)18-11-10-17(23-18)14-6-8-15(20)9-7-14/h3-11H,1-2H3,(H,21,22).